The van der Waals surface area contributed by atoms with E-state index in [0.717, 1.165) is 0 Å². The predicted molar refractivity (Wildman–Crippen MR) is 98.0 cm³/mol. The van der Waals surface area contributed by atoms with Gasteiger partial charge in [0.05, 0.1) is 6.10 Å². The van der Waals surface area contributed by atoms with Crippen LogP contribution < -0.4 is 0 Å². The van der Waals surface area contributed by atoms with E-state index in [0.29, 0.717) is 18.4 Å². The molecule has 1 heterocycles. The lowest BCUT2D eigenvalue weighted by molar-refractivity contribution is -0.166. The molecular formula is C22H27FO5. The highest BCUT2D eigenvalue weighted by Crippen LogP contribution is 2.76. The summed E-state index contributed by atoms with van der Waals surface area (Å²) in [5.41, 5.74) is -3.19. The zero-order valence-electron chi connectivity index (χ0n) is 16.4. The Balaban J connectivity index is 1.63. The van der Waals surface area contributed by atoms with Crippen LogP contribution in [0.4, 0.5) is 4.39 Å². The molecule has 5 rings (SSSR count). The van der Waals surface area contributed by atoms with Gasteiger partial charge in [-0.1, -0.05) is 19.9 Å². The number of rotatable bonds is 2. The highest BCUT2D eigenvalue weighted by atomic mass is 19.1. The molecule has 28 heavy (non-hydrogen) atoms. The molecule has 5 aliphatic rings. The van der Waals surface area contributed by atoms with Crippen molar-refractivity contribution in [3.63, 3.8) is 0 Å². The first-order chi connectivity index (χ1) is 13.1. The van der Waals surface area contributed by atoms with Crippen molar-refractivity contribution >= 4 is 11.6 Å². The molecule has 0 radical (unpaired) electrons. The molecule has 152 valence electrons. The number of allylic oxidation sites excluding steroid dienone is 2. The van der Waals surface area contributed by atoms with Gasteiger partial charge in [-0.05, 0) is 61.7 Å². The predicted octanol–water partition coefficient (Wildman–Crippen LogP) is 1.91. The van der Waals surface area contributed by atoms with E-state index >= 15 is 4.39 Å². The average Bonchev–Trinajstić information content (AvgIpc) is 3.34. The maximum absolute atomic E-state index is 15.3. The standard InChI is InChI=1S/C22H27FO5/c1-11-6-13-14-8-16(23)15-7-12(25)4-5-19(15,2)22(14)18(28-22)9-20(13,3)21(11,27)17(26)10-24/h4-5,7,11,13-14,16,18,24,27H,6,8-10H2,1-3H3/t11-,13?,14?,16+,18+,19+,20+,21+,22-/m1/s1. The number of carbonyl (C=O) groups excluding carboxylic acids is 2. The Morgan fingerprint density at radius 3 is 2.71 bits per heavy atom. The van der Waals surface area contributed by atoms with Crippen LogP contribution >= 0.6 is 0 Å². The number of carbonyl (C=O) groups is 2. The lowest BCUT2D eigenvalue weighted by Crippen LogP contribution is -2.63. The van der Waals surface area contributed by atoms with Gasteiger partial charge in [0.15, 0.2) is 11.6 Å². The zero-order valence-corrected chi connectivity index (χ0v) is 16.4. The first-order valence-electron chi connectivity index (χ1n) is 10.2. The van der Waals surface area contributed by atoms with Gasteiger partial charge >= 0.3 is 0 Å². The summed E-state index contributed by atoms with van der Waals surface area (Å²) in [5, 5.41) is 21.0. The average molecular weight is 390 g/mol. The SMILES string of the molecule is C[C@@H]1CC2C3C[C@H](F)C4=CC(=O)C=C[C@]4(C)[C@@]34O[C@H]4C[C@]2(C)[C@@]1(O)C(=O)CO. The first-order valence-corrected chi connectivity index (χ1v) is 10.2. The van der Waals surface area contributed by atoms with Gasteiger partial charge in [0.2, 0.25) is 0 Å². The summed E-state index contributed by atoms with van der Waals surface area (Å²) < 4.78 is 21.6. The molecule has 5 nitrogen and oxygen atoms in total. The molecule has 6 heteroatoms. The largest absolute Gasteiger partial charge is 0.388 e. The van der Waals surface area contributed by atoms with Crippen molar-refractivity contribution < 1.29 is 28.9 Å². The first kappa shape index (κ1) is 18.6. The Labute approximate surface area is 163 Å². The van der Waals surface area contributed by atoms with Gasteiger partial charge in [0.1, 0.15) is 24.0 Å². The summed E-state index contributed by atoms with van der Waals surface area (Å²) in [4.78, 5) is 24.5. The van der Waals surface area contributed by atoms with Crippen LogP contribution in [0.1, 0.15) is 40.0 Å². The number of hydrogen-bond donors (Lipinski definition) is 2. The number of ether oxygens (including phenoxy) is 1. The fourth-order valence-electron chi connectivity index (χ4n) is 7.69. The summed E-state index contributed by atoms with van der Waals surface area (Å²) >= 11 is 0. The van der Waals surface area contributed by atoms with Gasteiger partial charge in [-0.15, -0.1) is 0 Å². The van der Waals surface area contributed by atoms with Gasteiger partial charge in [-0.25, -0.2) is 4.39 Å². The number of Topliss-reactive ketones (excluding diaryl/α,β-unsaturated/α-hetero) is 1. The molecule has 0 amide bonds. The molecule has 0 aromatic heterocycles. The summed E-state index contributed by atoms with van der Waals surface area (Å²) in [6.07, 6.45) is 4.58. The Morgan fingerprint density at radius 1 is 1.32 bits per heavy atom. The molecular weight excluding hydrogens is 363 g/mol. The fourth-order valence-corrected chi connectivity index (χ4v) is 7.69. The van der Waals surface area contributed by atoms with Crippen LogP contribution in [0.3, 0.4) is 0 Å². The van der Waals surface area contributed by atoms with E-state index in [-0.39, 0.29) is 36.1 Å². The minimum atomic E-state index is -1.63. The summed E-state index contributed by atoms with van der Waals surface area (Å²) in [6.45, 7) is 5.00. The third-order valence-electron chi connectivity index (χ3n) is 9.07. The van der Waals surface area contributed by atoms with E-state index in [1.54, 1.807) is 6.08 Å². The molecule has 2 N–H and O–H groups in total. The van der Waals surface area contributed by atoms with Gasteiger partial charge in [-0.2, -0.15) is 0 Å². The zero-order chi connectivity index (χ0) is 20.3. The van der Waals surface area contributed by atoms with E-state index < -0.39 is 40.6 Å². The summed E-state index contributed by atoms with van der Waals surface area (Å²) in [6, 6.07) is 0. The van der Waals surface area contributed by atoms with Gasteiger partial charge in [0, 0.05) is 10.8 Å². The number of aliphatic hydroxyl groups excluding tert-OH is 1. The third kappa shape index (κ3) is 1.75. The van der Waals surface area contributed by atoms with E-state index in [1.165, 1.54) is 12.2 Å². The van der Waals surface area contributed by atoms with Crippen molar-refractivity contribution in [3.8, 4) is 0 Å². The van der Waals surface area contributed by atoms with Gasteiger partial charge in [-0.3, -0.25) is 9.59 Å². The van der Waals surface area contributed by atoms with E-state index in [4.69, 9.17) is 4.74 Å². The van der Waals surface area contributed by atoms with Crippen molar-refractivity contribution in [1.82, 2.24) is 0 Å². The van der Waals surface area contributed by atoms with Crippen LogP contribution in [0.2, 0.25) is 0 Å². The molecule has 3 saturated carbocycles. The highest BCUT2D eigenvalue weighted by Gasteiger charge is 2.82. The number of alkyl halides is 1. The molecule has 4 aliphatic carbocycles. The Bertz CT molecular complexity index is 850. The fraction of sp³-hybridized carbons (Fsp3) is 0.727. The molecule has 0 bridgehead atoms. The van der Waals surface area contributed by atoms with Gasteiger partial charge in [0.25, 0.3) is 0 Å². The molecule has 2 unspecified atom stereocenters. The molecule has 9 atom stereocenters. The van der Waals surface area contributed by atoms with E-state index in [1.807, 2.05) is 20.8 Å². The number of epoxide rings is 1. The number of ketones is 2. The number of hydrogen-bond acceptors (Lipinski definition) is 5. The minimum absolute atomic E-state index is 0.0931. The quantitative estimate of drug-likeness (QED) is 0.704. The monoisotopic (exact) mass is 390 g/mol. The van der Waals surface area contributed by atoms with E-state index in [2.05, 4.69) is 0 Å². The molecule has 0 aromatic rings. The van der Waals surface area contributed by atoms with Crippen molar-refractivity contribution in [2.45, 2.75) is 63.5 Å². The van der Waals surface area contributed by atoms with Crippen molar-refractivity contribution in [2.24, 2.45) is 28.6 Å². The van der Waals surface area contributed by atoms with Gasteiger partial charge < -0.3 is 14.9 Å². The molecule has 4 fully saturated rings. The van der Waals surface area contributed by atoms with Crippen LogP contribution in [0.15, 0.2) is 23.8 Å². The topological polar surface area (TPSA) is 87.1 Å². The maximum atomic E-state index is 15.3. The lowest BCUT2D eigenvalue weighted by atomic mass is 9.46. The van der Waals surface area contributed by atoms with Crippen LogP contribution in [0.25, 0.3) is 0 Å². The highest BCUT2D eigenvalue weighted by molar-refractivity contribution is 6.01. The summed E-state index contributed by atoms with van der Waals surface area (Å²) in [7, 11) is 0. The van der Waals surface area contributed by atoms with Crippen LogP contribution in [-0.2, 0) is 14.3 Å². The Hall–Kier alpha value is -1.37. The third-order valence-corrected chi connectivity index (χ3v) is 9.07. The van der Waals surface area contributed by atoms with Crippen molar-refractivity contribution in [3.05, 3.63) is 23.8 Å². The number of fused-ring (bicyclic) bond motifs is 3. The molecule has 1 saturated heterocycles. The van der Waals surface area contributed by atoms with Crippen molar-refractivity contribution in [2.75, 3.05) is 6.61 Å². The minimum Gasteiger partial charge on any atom is -0.388 e. The molecule has 0 aromatic carbocycles. The molecule has 1 spiro atoms. The second kappa shape index (κ2) is 5.21. The molecule has 1 aliphatic heterocycles. The second-order valence-corrected chi connectivity index (χ2v) is 9.96. The lowest BCUT2D eigenvalue weighted by Gasteiger charge is -2.56. The Kier molecular flexibility index (Phi) is 3.47. The van der Waals surface area contributed by atoms with Crippen LogP contribution in [0, 0.1) is 28.6 Å². The summed E-state index contributed by atoms with van der Waals surface area (Å²) in [5.74, 6) is -1.32. The maximum Gasteiger partial charge on any atom is 0.190 e. The smallest absolute Gasteiger partial charge is 0.190 e. The van der Waals surface area contributed by atoms with Crippen molar-refractivity contribution in [1.29, 1.82) is 0 Å². The van der Waals surface area contributed by atoms with Crippen LogP contribution in [0.5, 0.6) is 0 Å². The normalized spacial score (nSPS) is 56.3. The number of aliphatic hydroxyl groups is 2. The van der Waals surface area contributed by atoms with E-state index in [9.17, 15) is 19.8 Å². The number of halogens is 1. The van der Waals surface area contributed by atoms with Crippen LogP contribution in [-0.4, -0.2) is 51.9 Å². The second-order valence-electron chi connectivity index (χ2n) is 9.96. The Morgan fingerprint density at radius 2 is 2.04 bits per heavy atom.